The number of piperazine rings is 1. The standard InChI is InChI=1S/C15H18Cl2N2O3/c1-10(21)18-4-5-19(12(8-18)9-20)15(22)7-11-2-3-13(16)14(17)6-11/h2-3,6,12,20H,4-5,7-9H2,1H3/t12-/m0/s1. The van der Waals surface area contributed by atoms with Crippen LogP contribution in [-0.4, -0.2) is 59.0 Å². The second kappa shape index (κ2) is 7.31. The zero-order valence-electron chi connectivity index (χ0n) is 12.3. The van der Waals surface area contributed by atoms with Crippen molar-refractivity contribution in [3.63, 3.8) is 0 Å². The second-order valence-electron chi connectivity index (χ2n) is 5.31. The number of carbonyl (C=O) groups is 2. The zero-order valence-corrected chi connectivity index (χ0v) is 13.8. The van der Waals surface area contributed by atoms with Gasteiger partial charge in [-0.3, -0.25) is 9.59 Å². The van der Waals surface area contributed by atoms with Crippen molar-refractivity contribution in [2.45, 2.75) is 19.4 Å². The number of rotatable bonds is 3. The van der Waals surface area contributed by atoms with Gasteiger partial charge in [0.25, 0.3) is 0 Å². The number of aliphatic hydroxyl groups is 1. The average Bonchev–Trinajstić information content (AvgIpc) is 2.50. The normalized spacial score (nSPS) is 18.5. The summed E-state index contributed by atoms with van der Waals surface area (Å²) in [5.74, 6) is -0.143. The summed E-state index contributed by atoms with van der Waals surface area (Å²) in [4.78, 5) is 27.1. The van der Waals surface area contributed by atoms with Crippen molar-refractivity contribution in [3.05, 3.63) is 33.8 Å². The van der Waals surface area contributed by atoms with Crippen molar-refractivity contribution < 1.29 is 14.7 Å². The molecule has 1 atom stereocenters. The number of benzene rings is 1. The lowest BCUT2D eigenvalue weighted by atomic mass is 10.1. The van der Waals surface area contributed by atoms with Crippen molar-refractivity contribution in [3.8, 4) is 0 Å². The van der Waals surface area contributed by atoms with E-state index in [0.29, 0.717) is 29.7 Å². The summed E-state index contributed by atoms with van der Waals surface area (Å²) >= 11 is 11.8. The molecule has 0 aliphatic carbocycles. The first-order chi connectivity index (χ1) is 10.4. The second-order valence-corrected chi connectivity index (χ2v) is 6.13. The van der Waals surface area contributed by atoms with Gasteiger partial charge >= 0.3 is 0 Å². The summed E-state index contributed by atoms with van der Waals surface area (Å²) in [5, 5.41) is 10.3. The first kappa shape index (κ1) is 17.1. The topological polar surface area (TPSA) is 60.9 Å². The van der Waals surface area contributed by atoms with Crippen LogP contribution in [-0.2, 0) is 16.0 Å². The highest BCUT2D eigenvalue weighted by atomic mass is 35.5. The Morgan fingerprint density at radius 2 is 2.00 bits per heavy atom. The van der Waals surface area contributed by atoms with Crippen LogP contribution >= 0.6 is 23.2 Å². The van der Waals surface area contributed by atoms with Crippen molar-refractivity contribution in [1.29, 1.82) is 0 Å². The monoisotopic (exact) mass is 344 g/mol. The maximum Gasteiger partial charge on any atom is 0.227 e. The minimum absolute atomic E-state index is 0.0463. The maximum absolute atomic E-state index is 12.4. The highest BCUT2D eigenvalue weighted by Crippen LogP contribution is 2.23. The van der Waals surface area contributed by atoms with E-state index in [9.17, 15) is 14.7 Å². The van der Waals surface area contributed by atoms with Crippen LogP contribution < -0.4 is 0 Å². The number of halogens is 2. The molecule has 0 unspecified atom stereocenters. The Morgan fingerprint density at radius 3 is 2.59 bits per heavy atom. The summed E-state index contributed by atoms with van der Waals surface area (Å²) in [6.45, 7) is 2.58. The van der Waals surface area contributed by atoms with E-state index in [2.05, 4.69) is 0 Å². The van der Waals surface area contributed by atoms with Gasteiger partial charge < -0.3 is 14.9 Å². The van der Waals surface area contributed by atoms with Crippen LogP contribution in [0.5, 0.6) is 0 Å². The van der Waals surface area contributed by atoms with E-state index in [1.807, 2.05) is 0 Å². The van der Waals surface area contributed by atoms with Gasteiger partial charge in [0, 0.05) is 26.6 Å². The third-order valence-corrected chi connectivity index (χ3v) is 4.54. The summed E-state index contributed by atoms with van der Waals surface area (Å²) < 4.78 is 0. The molecule has 22 heavy (non-hydrogen) atoms. The zero-order chi connectivity index (χ0) is 16.3. The molecule has 0 bridgehead atoms. The Kier molecular flexibility index (Phi) is 5.67. The van der Waals surface area contributed by atoms with E-state index in [1.54, 1.807) is 28.0 Å². The van der Waals surface area contributed by atoms with Crippen LogP contribution in [0.25, 0.3) is 0 Å². The number of hydrogen-bond acceptors (Lipinski definition) is 3. The minimum atomic E-state index is -0.368. The molecule has 1 aliphatic heterocycles. The molecule has 1 aliphatic rings. The molecule has 1 aromatic rings. The van der Waals surface area contributed by atoms with Crippen molar-refractivity contribution >= 4 is 35.0 Å². The molecular weight excluding hydrogens is 327 g/mol. The summed E-state index contributed by atoms with van der Waals surface area (Å²) in [5.41, 5.74) is 0.769. The Morgan fingerprint density at radius 1 is 1.27 bits per heavy atom. The molecule has 0 aromatic heterocycles. The molecular formula is C15H18Cl2N2O3. The molecule has 1 N–H and O–H groups in total. The van der Waals surface area contributed by atoms with E-state index < -0.39 is 0 Å². The van der Waals surface area contributed by atoms with E-state index in [0.717, 1.165) is 5.56 Å². The molecule has 5 nitrogen and oxygen atoms in total. The van der Waals surface area contributed by atoms with Gasteiger partial charge in [0.2, 0.25) is 11.8 Å². The minimum Gasteiger partial charge on any atom is -0.394 e. The largest absolute Gasteiger partial charge is 0.394 e. The van der Waals surface area contributed by atoms with Crippen molar-refractivity contribution in [2.75, 3.05) is 26.2 Å². The third-order valence-electron chi connectivity index (χ3n) is 3.80. The van der Waals surface area contributed by atoms with Crippen LogP contribution in [0, 0.1) is 0 Å². The van der Waals surface area contributed by atoms with E-state index in [4.69, 9.17) is 23.2 Å². The smallest absolute Gasteiger partial charge is 0.227 e. The molecule has 1 fully saturated rings. The Balaban J connectivity index is 2.05. The van der Waals surface area contributed by atoms with E-state index in [-0.39, 0.29) is 30.9 Å². The first-order valence-electron chi connectivity index (χ1n) is 7.02. The van der Waals surface area contributed by atoms with Crippen LogP contribution in [0.4, 0.5) is 0 Å². The van der Waals surface area contributed by atoms with Gasteiger partial charge in [0.05, 0.1) is 29.1 Å². The van der Waals surface area contributed by atoms with Gasteiger partial charge in [-0.25, -0.2) is 0 Å². The van der Waals surface area contributed by atoms with Gasteiger partial charge in [0.15, 0.2) is 0 Å². The molecule has 120 valence electrons. The number of nitrogens with zero attached hydrogens (tertiary/aromatic N) is 2. The lowest BCUT2D eigenvalue weighted by Crippen LogP contribution is -2.57. The molecule has 2 rings (SSSR count). The average molecular weight is 345 g/mol. The molecule has 2 amide bonds. The van der Waals surface area contributed by atoms with Gasteiger partial charge in [-0.05, 0) is 17.7 Å². The molecule has 1 aromatic carbocycles. The first-order valence-corrected chi connectivity index (χ1v) is 7.77. The van der Waals surface area contributed by atoms with Crippen LogP contribution in [0.2, 0.25) is 10.0 Å². The molecule has 7 heteroatoms. The highest BCUT2D eigenvalue weighted by molar-refractivity contribution is 6.42. The Hall–Kier alpha value is -1.30. The number of aliphatic hydroxyl groups excluding tert-OH is 1. The lowest BCUT2D eigenvalue weighted by Gasteiger charge is -2.40. The SMILES string of the molecule is CC(=O)N1CCN(C(=O)Cc2ccc(Cl)c(Cl)c2)[C@H](CO)C1. The third kappa shape index (κ3) is 3.91. The van der Waals surface area contributed by atoms with Gasteiger partial charge in [0.1, 0.15) is 0 Å². The lowest BCUT2D eigenvalue weighted by molar-refractivity contribution is -0.142. The Bertz CT molecular complexity index is 580. The number of hydrogen-bond donors (Lipinski definition) is 1. The van der Waals surface area contributed by atoms with Gasteiger partial charge in [-0.1, -0.05) is 29.3 Å². The summed E-state index contributed by atoms with van der Waals surface area (Å²) in [7, 11) is 0. The van der Waals surface area contributed by atoms with E-state index in [1.165, 1.54) is 6.92 Å². The fourth-order valence-electron chi connectivity index (χ4n) is 2.55. The predicted octanol–water partition coefficient (Wildman–Crippen LogP) is 1.59. The molecule has 0 saturated carbocycles. The number of amides is 2. The molecule has 0 radical (unpaired) electrons. The molecule has 1 heterocycles. The fraction of sp³-hybridized carbons (Fsp3) is 0.467. The van der Waals surface area contributed by atoms with Crippen molar-refractivity contribution in [1.82, 2.24) is 9.80 Å². The molecule has 0 spiro atoms. The fourth-order valence-corrected chi connectivity index (χ4v) is 2.87. The maximum atomic E-state index is 12.4. The van der Waals surface area contributed by atoms with Crippen LogP contribution in [0.3, 0.4) is 0 Å². The highest BCUT2D eigenvalue weighted by Gasteiger charge is 2.30. The summed E-state index contributed by atoms with van der Waals surface area (Å²) in [6.07, 6.45) is 0.188. The van der Waals surface area contributed by atoms with Crippen LogP contribution in [0.1, 0.15) is 12.5 Å². The van der Waals surface area contributed by atoms with Crippen molar-refractivity contribution in [2.24, 2.45) is 0 Å². The Labute approximate surface area is 139 Å². The molecule has 1 saturated heterocycles. The quantitative estimate of drug-likeness (QED) is 0.905. The van der Waals surface area contributed by atoms with Crippen LogP contribution in [0.15, 0.2) is 18.2 Å². The number of carbonyl (C=O) groups excluding carboxylic acids is 2. The summed E-state index contributed by atoms with van der Waals surface area (Å²) in [6, 6.07) is 4.71. The van der Waals surface area contributed by atoms with Gasteiger partial charge in [-0.15, -0.1) is 0 Å². The van der Waals surface area contributed by atoms with E-state index >= 15 is 0 Å². The van der Waals surface area contributed by atoms with Gasteiger partial charge in [-0.2, -0.15) is 0 Å². The predicted molar refractivity (Wildman–Crippen MR) is 85.0 cm³/mol.